The number of carbonyl (C=O) groups excluding carboxylic acids is 2. The molecule has 37 heavy (non-hydrogen) atoms. The molecule has 0 amide bonds. The molecule has 0 bridgehead atoms. The van der Waals surface area contributed by atoms with Gasteiger partial charge in [-0.25, -0.2) is 9.37 Å². The molecule has 198 valence electrons. The molecule has 0 atom stereocenters. The van der Waals surface area contributed by atoms with Crippen LogP contribution in [-0.2, 0) is 9.59 Å². The van der Waals surface area contributed by atoms with Crippen molar-refractivity contribution in [1.29, 1.82) is 0 Å². The van der Waals surface area contributed by atoms with Crippen LogP contribution in [0.4, 0.5) is 10.2 Å². The Morgan fingerprint density at radius 3 is 2.41 bits per heavy atom. The Balaban J connectivity index is 0.000000440. The summed E-state index contributed by atoms with van der Waals surface area (Å²) in [6.07, 6.45) is 2.80. The summed E-state index contributed by atoms with van der Waals surface area (Å²) in [4.78, 5) is 22.9. The van der Waals surface area contributed by atoms with Crippen LogP contribution in [0.1, 0.15) is 12.0 Å². The molecule has 4 rings (SSSR count). The van der Waals surface area contributed by atoms with Crippen molar-refractivity contribution in [1.82, 2.24) is 19.5 Å². The predicted octanol–water partition coefficient (Wildman–Crippen LogP) is 5.65. The maximum Gasteiger partial charge on any atom is 0.172 e. The van der Waals surface area contributed by atoms with E-state index in [1.807, 2.05) is 43.9 Å². The average Bonchev–Trinajstić information content (AvgIpc) is 3.28. The van der Waals surface area contributed by atoms with Gasteiger partial charge in [-0.05, 0) is 67.6 Å². The van der Waals surface area contributed by atoms with Crippen LogP contribution < -0.4 is 5.32 Å². The molecule has 8 nitrogen and oxygen atoms in total. The van der Waals surface area contributed by atoms with Crippen molar-refractivity contribution >= 4 is 52.6 Å². The molecule has 0 radical (unpaired) electrons. The number of phenolic OH excluding ortho intramolecular Hbond substituents is 1. The molecular formula is C26H30BrClFN5O3. The number of carbonyl (C=O) groups is 2. The number of rotatable bonds is 6. The second kappa shape index (κ2) is 16.4. The van der Waals surface area contributed by atoms with Crippen molar-refractivity contribution in [2.45, 2.75) is 13.3 Å². The molecular weight excluding hydrogens is 565 g/mol. The van der Waals surface area contributed by atoms with E-state index in [2.05, 4.69) is 45.3 Å². The van der Waals surface area contributed by atoms with Crippen molar-refractivity contribution in [2.75, 3.05) is 32.5 Å². The summed E-state index contributed by atoms with van der Waals surface area (Å²) in [5.41, 5.74) is 3.05. The van der Waals surface area contributed by atoms with Crippen LogP contribution in [0, 0.1) is 12.7 Å². The SMILES string of the molecule is C=O.C=O.CN(C)CCCNc1cc(-c2ccccc2Cl)nc2c(Br)cnn12.Cc1ccc(O)cc1F. The van der Waals surface area contributed by atoms with E-state index >= 15 is 0 Å². The minimum Gasteiger partial charge on any atom is -0.508 e. The van der Waals surface area contributed by atoms with Crippen molar-refractivity contribution < 1.29 is 19.1 Å². The molecule has 2 aromatic carbocycles. The van der Waals surface area contributed by atoms with Gasteiger partial charge in [0.25, 0.3) is 0 Å². The third-order valence-electron chi connectivity index (χ3n) is 4.82. The number of halogens is 3. The lowest BCUT2D eigenvalue weighted by atomic mass is 10.1. The Bertz CT molecular complexity index is 1270. The van der Waals surface area contributed by atoms with Gasteiger partial charge < -0.3 is 24.9 Å². The number of benzene rings is 2. The Hall–Kier alpha value is -3.34. The van der Waals surface area contributed by atoms with E-state index in [0.29, 0.717) is 10.6 Å². The highest BCUT2D eigenvalue weighted by Crippen LogP contribution is 2.30. The van der Waals surface area contributed by atoms with Crippen molar-refractivity contribution in [3.05, 3.63) is 75.6 Å². The van der Waals surface area contributed by atoms with Gasteiger partial charge in [-0.2, -0.15) is 9.61 Å². The number of fused-ring (bicyclic) bond motifs is 1. The molecule has 4 aromatic rings. The first-order valence-electron chi connectivity index (χ1n) is 11.0. The van der Waals surface area contributed by atoms with Crippen LogP contribution in [0.25, 0.3) is 16.9 Å². The highest BCUT2D eigenvalue weighted by Gasteiger charge is 2.13. The highest BCUT2D eigenvalue weighted by atomic mass is 79.9. The minimum atomic E-state index is -0.366. The highest BCUT2D eigenvalue weighted by molar-refractivity contribution is 9.10. The number of phenols is 1. The van der Waals surface area contributed by atoms with E-state index in [1.165, 1.54) is 12.1 Å². The third-order valence-corrected chi connectivity index (χ3v) is 5.71. The van der Waals surface area contributed by atoms with Crippen molar-refractivity contribution in [3.63, 3.8) is 0 Å². The zero-order valence-corrected chi connectivity index (χ0v) is 23.3. The molecule has 2 aromatic heterocycles. The molecule has 0 saturated heterocycles. The lowest BCUT2D eigenvalue weighted by molar-refractivity contribution is -0.0987. The monoisotopic (exact) mass is 593 g/mol. The minimum absolute atomic E-state index is 0.0295. The van der Waals surface area contributed by atoms with Crippen LogP contribution in [0.2, 0.25) is 5.02 Å². The average molecular weight is 595 g/mol. The fourth-order valence-electron chi connectivity index (χ4n) is 3.06. The lowest BCUT2D eigenvalue weighted by Crippen LogP contribution is -2.17. The maximum atomic E-state index is 12.4. The molecule has 0 unspecified atom stereocenters. The Kier molecular flexibility index (Phi) is 14.1. The number of aryl methyl sites for hydroxylation is 1. The fourth-order valence-corrected chi connectivity index (χ4v) is 3.64. The Morgan fingerprint density at radius 1 is 1.14 bits per heavy atom. The second-order valence-electron chi connectivity index (χ2n) is 7.75. The van der Waals surface area contributed by atoms with E-state index in [9.17, 15) is 4.39 Å². The van der Waals surface area contributed by atoms with Gasteiger partial charge in [-0.1, -0.05) is 35.9 Å². The summed E-state index contributed by atoms with van der Waals surface area (Å²) in [7, 11) is 4.15. The van der Waals surface area contributed by atoms with E-state index in [1.54, 1.807) is 17.6 Å². The molecule has 11 heteroatoms. The van der Waals surface area contributed by atoms with Gasteiger partial charge in [0, 0.05) is 29.3 Å². The van der Waals surface area contributed by atoms with Gasteiger partial charge in [0.2, 0.25) is 0 Å². The van der Waals surface area contributed by atoms with Crippen molar-refractivity contribution in [3.8, 4) is 17.0 Å². The van der Waals surface area contributed by atoms with E-state index < -0.39 is 0 Å². The number of aromatic nitrogens is 3. The summed E-state index contributed by atoms with van der Waals surface area (Å²) in [5.74, 6) is 0.507. The Morgan fingerprint density at radius 2 is 1.81 bits per heavy atom. The largest absolute Gasteiger partial charge is 0.508 e. The first kappa shape index (κ1) is 31.7. The van der Waals surface area contributed by atoms with Crippen LogP contribution >= 0.6 is 27.5 Å². The van der Waals surface area contributed by atoms with Gasteiger partial charge in [-0.3, -0.25) is 0 Å². The summed E-state index contributed by atoms with van der Waals surface area (Å²) in [6, 6.07) is 13.8. The molecule has 0 saturated carbocycles. The molecule has 0 spiro atoms. The molecule has 0 aliphatic heterocycles. The first-order valence-corrected chi connectivity index (χ1v) is 12.1. The smallest absolute Gasteiger partial charge is 0.172 e. The van der Waals surface area contributed by atoms with Gasteiger partial charge in [0.1, 0.15) is 31.0 Å². The number of hydrogen-bond donors (Lipinski definition) is 2. The van der Waals surface area contributed by atoms with Gasteiger partial charge in [-0.15, -0.1) is 0 Å². The zero-order chi connectivity index (χ0) is 28.0. The number of nitrogens with zero attached hydrogens (tertiary/aromatic N) is 4. The van der Waals surface area contributed by atoms with Crippen LogP contribution in [0.3, 0.4) is 0 Å². The van der Waals surface area contributed by atoms with Crippen LogP contribution in [0.5, 0.6) is 5.75 Å². The number of hydrogen-bond acceptors (Lipinski definition) is 7. The number of aromatic hydroxyl groups is 1. The van der Waals surface area contributed by atoms with Gasteiger partial charge in [0.15, 0.2) is 5.65 Å². The molecule has 0 aliphatic rings. The second-order valence-corrected chi connectivity index (χ2v) is 9.01. The molecule has 2 heterocycles. The topological polar surface area (TPSA) is 99.8 Å². The van der Waals surface area contributed by atoms with Gasteiger partial charge in [0.05, 0.1) is 16.4 Å². The maximum absolute atomic E-state index is 12.4. The van der Waals surface area contributed by atoms with Crippen molar-refractivity contribution in [2.24, 2.45) is 0 Å². The van der Waals surface area contributed by atoms with E-state index in [-0.39, 0.29) is 11.6 Å². The fraction of sp³-hybridized carbons (Fsp3) is 0.231. The molecule has 2 N–H and O–H groups in total. The van der Waals surface area contributed by atoms with Crippen LogP contribution in [0.15, 0.2) is 59.2 Å². The zero-order valence-electron chi connectivity index (χ0n) is 20.9. The van der Waals surface area contributed by atoms with Gasteiger partial charge >= 0.3 is 0 Å². The number of nitrogens with one attached hydrogen (secondary N) is 1. The summed E-state index contributed by atoms with van der Waals surface area (Å²) in [6.45, 7) is 7.53. The lowest BCUT2D eigenvalue weighted by Gasteiger charge is -2.13. The van der Waals surface area contributed by atoms with E-state index in [0.717, 1.165) is 52.8 Å². The predicted molar refractivity (Wildman–Crippen MR) is 150 cm³/mol. The van der Waals surface area contributed by atoms with Crippen LogP contribution in [-0.4, -0.2) is 65.4 Å². The summed E-state index contributed by atoms with van der Waals surface area (Å²) < 4.78 is 15.1. The molecule has 0 aliphatic carbocycles. The standard InChI is InChI=1S/C17H19BrClN5.C7H7FO.2CH2O/c1-23(2)9-5-8-20-16-10-15(12-6-3-4-7-14(12)19)22-17-13(18)11-21-24(16)17;1-5-2-3-6(9)4-7(5)8;2*1-2/h3-4,6-7,10-11,20H,5,8-9H2,1-2H3;2-4,9H,1H3;2*1H2. The normalized spacial score (nSPS) is 9.92. The third kappa shape index (κ3) is 9.56. The quantitative estimate of drug-likeness (QED) is 0.279. The summed E-state index contributed by atoms with van der Waals surface area (Å²) in [5, 5.41) is 17.2. The molecule has 0 fully saturated rings. The first-order chi connectivity index (χ1) is 17.8. The van der Waals surface area contributed by atoms with E-state index in [4.69, 9.17) is 31.3 Å². The number of anilines is 1. The Labute approximate surface area is 229 Å². The summed E-state index contributed by atoms with van der Waals surface area (Å²) >= 11 is 9.85.